The second-order valence-electron chi connectivity index (χ2n) is 3.11. The van der Waals surface area contributed by atoms with Gasteiger partial charge >= 0.3 is 0 Å². The number of Topliss-reactive ketones (excluding diaryl/α,β-unsaturated/α-hetero) is 1. The van der Waals surface area contributed by atoms with Crippen LogP contribution in [0.5, 0.6) is 0 Å². The largest absolute Gasteiger partial charge is 0.299 e. The van der Waals surface area contributed by atoms with E-state index in [1.807, 2.05) is 30.3 Å². The molecule has 0 aromatic heterocycles. The Labute approximate surface area is 86.8 Å². The number of ketones is 1. The molecular weight excluding hydrogens is 196 g/mol. The molecule has 1 atom stereocenters. The van der Waals surface area contributed by atoms with Crippen molar-refractivity contribution < 1.29 is 9.00 Å². The highest BCUT2D eigenvalue weighted by Gasteiger charge is 2.06. The van der Waals surface area contributed by atoms with Crippen molar-refractivity contribution in [3.05, 3.63) is 35.9 Å². The summed E-state index contributed by atoms with van der Waals surface area (Å²) in [6, 6.07) is 9.59. The Morgan fingerprint density at radius 2 is 1.93 bits per heavy atom. The van der Waals surface area contributed by atoms with Crippen molar-refractivity contribution in [1.29, 1.82) is 0 Å². The predicted molar refractivity (Wildman–Crippen MR) is 58.5 cm³/mol. The van der Waals surface area contributed by atoms with Crippen LogP contribution in [0.2, 0.25) is 0 Å². The molecule has 0 spiro atoms. The van der Waals surface area contributed by atoms with Crippen LogP contribution in [0.25, 0.3) is 0 Å². The Morgan fingerprint density at radius 3 is 2.50 bits per heavy atom. The van der Waals surface area contributed by atoms with Gasteiger partial charge in [0.1, 0.15) is 5.78 Å². The Morgan fingerprint density at radius 1 is 1.29 bits per heavy atom. The lowest BCUT2D eigenvalue weighted by atomic mass is 10.2. The maximum atomic E-state index is 11.5. The Kier molecular flexibility index (Phi) is 4.53. The minimum Gasteiger partial charge on any atom is -0.299 e. The molecule has 0 amide bonds. The third kappa shape index (κ3) is 3.83. The summed E-state index contributed by atoms with van der Waals surface area (Å²) in [7, 11) is -1.05. The number of benzene rings is 1. The summed E-state index contributed by atoms with van der Waals surface area (Å²) < 4.78 is 11.5. The number of hydrogen-bond acceptors (Lipinski definition) is 2. The first-order chi connectivity index (χ1) is 6.72. The van der Waals surface area contributed by atoms with Gasteiger partial charge in [-0.15, -0.1) is 0 Å². The molecule has 0 heterocycles. The molecule has 76 valence electrons. The first-order valence-electron chi connectivity index (χ1n) is 4.63. The summed E-state index contributed by atoms with van der Waals surface area (Å²) in [5, 5.41) is 0. The van der Waals surface area contributed by atoms with Crippen molar-refractivity contribution in [1.82, 2.24) is 0 Å². The van der Waals surface area contributed by atoms with Gasteiger partial charge in [0.25, 0.3) is 0 Å². The monoisotopic (exact) mass is 210 g/mol. The fourth-order valence-corrected chi connectivity index (χ4v) is 2.32. The molecule has 0 aliphatic carbocycles. The van der Waals surface area contributed by atoms with Crippen molar-refractivity contribution in [2.45, 2.75) is 19.1 Å². The molecule has 0 bridgehead atoms. The summed E-state index contributed by atoms with van der Waals surface area (Å²) in [4.78, 5) is 11.0. The molecule has 1 aromatic carbocycles. The van der Waals surface area contributed by atoms with E-state index >= 15 is 0 Å². The molecule has 1 unspecified atom stereocenters. The van der Waals surface area contributed by atoms with Crippen LogP contribution in [-0.2, 0) is 21.3 Å². The quantitative estimate of drug-likeness (QED) is 0.744. The molecule has 1 aromatic rings. The van der Waals surface area contributed by atoms with Crippen LogP contribution in [0, 0.1) is 0 Å². The van der Waals surface area contributed by atoms with Crippen LogP contribution < -0.4 is 0 Å². The number of rotatable bonds is 5. The maximum absolute atomic E-state index is 11.5. The molecule has 1 rings (SSSR count). The highest BCUT2D eigenvalue weighted by molar-refractivity contribution is 7.84. The summed E-state index contributed by atoms with van der Waals surface area (Å²) in [6.45, 7) is 1.79. The van der Waals surface area contributed by atoms with E-state index in [0.29, 0.717) is 12.2 Å². The molecule has 0 N–H and O–H groups in total. The van der Waals surface area contributed by atoms with E-state index in [0.717, 1.165) is 5.56 Å². The molecule has 14 heavy (non-hydrogen) atoms. The van der Waals surface area contributed by atoms with E-state index in [-0.39, 0.29) is 11.5 Å². The SMILES string of the molecule is CCC(=O)CS(=O)Cc1ccccc1. The second-order valence-corrected chi connectivity index (χ2v) is 4.56. The topological polar surface area (TPSA) is 34.1 Å². The molecule has 0 radical (unpaired) electrons. The zero-order valence-electron chi connectivity index (χ0n) is 8.23. The molecule has 0 saturated carbocycles. The average Bonchev–Trinajstić information content (AvgIpc) is 2.19. The van der Waals surface area contributed by atoms with Crippen LogP contribution in [0.15, 0.2) is 30.3 Å². The van der Waals surface area contributed by atoms with E-state index in [1.165, 1.54) is 0 Å². The van der Waals surface area contributed by atoms with E-state index < -0.39 is 10.8 Å². The molecule has 0 saturated heterocycles. The molecule has 3 heteroatoms. The first kappa shape index (κ1) is 11.1. The van der Waals surface area contributed by atoms with Gasteiger partial charge in [-0.1, -0.05) is 37.3 Å². The van der Waals surface area contributed by atoms with E-state index in [2.05, 4.69) is 0 Å². The fourth-order valence-electron chi connectivity index (χ4n) is 1.09. The third-order valence-corrected chi connectivity index (χ3v) is 3.19. The van der Waals surface area contributed by atoms with Crippen LogP contribution >= 0.6 is 0 Å². The van der Waals surface area contributed by atoms with Crippen molar-refractivity contribution in [2.75, 3.05) is 5.75 Å². The highest BCUT2D eigenvalue weighted by Crippen LogP contribution is 2.03. The zero-order valence-corrected chi connectivity index (χ0v) is 9.05. The van der Waals surface area contributed by atoms with Gasteiger partial charge in [-0.2, -0.15) is 0 Å². The van der Waals surface area contributed by atoms with Crippen molar-refractivity contribution in [3.63, 3.8) is 0 Å². The zero-order chi connectivity index (χ0) is 10.4. The standard InChI is InChI=1S/C11H14O2S/c1-2-11(12)9-14(13)8-10-6-4-3-5-7-10/h3-7H,2,8-9H2,1H3. The summed E-state index contributed by atoms with van der Waals surface area (Å²) in [5.41, 5.74) is 1.02. The minimum absolute atomic E-state index is 0.0688. The Bertz CT molecular complexity index is 319. The lowest BCUT2D eigenvalue weighted by Gasteiger charge is -2.00. The highest BCUT2D eigenvalue weighted by atomic mass is 32.2. The van der Waals surface area contributed by atoms with Gasteiger partial charge in [0.15, 0.2) is 0 Å². The van der Waals surface area contributed by atoms with Gasteiger partial charge in [0, 0.05) is 23.0 Å². The lowest BCUT2D eigenvalue weighted by molar-refractivity contribution is -0.116. The normalized spacial score (nSPS) is 12.4. The van der Waals surface area contributed by atoms with E-state index in [9.17, 15) is 9.00 Å². The molecule has 0 fully saturated rings. The van der Waals surface area contributed by atoms with Gasteiger partial charge in [0.2, 0.25) is 0 Å². The molecular formula is C11H14O2S. The van der Waals surface area contributed by atoms with E-state index in [4.69, 9.17) is 0 Å². The maximum Gasteiger partial charge on any atom is 0.145 e. The molecule has 0 aliphatic rings. The van der Waals surface area contributed by atoms with Crippen molar-refractivity contribution in [3.8, 4) is 0 Å². The number of carbonyl (C=O) groups excluding carboxylic acids is 1. The Hall–Kier alpha value is -0.960. The molecule has 0 aliphatic heterocycles. The number of hydrogen-bond donors (Lipinski definition) is 0. The van der Waals surface area contributed by atoms with Crippen molar-refractivity contribution >= 4 is 16.6 Å². The lowest BCUT2D eigenvalue weighted by Crippen LogP contribution is -2.10. The van der Waals surface area contributed by atoms with Crippen LogP contribution in [-0.4, -0.2) is 15.7 Å². The van der Waals surface area contributed by atoms with Gasteiger partial charge in [0.05, 0.1) is 5.75 Å². The van der Waals surface area contributed by atoms with Crippen LogP contribution in [0.1, 0.15) is 18.9 Å². The van der Waals surface area contributed by atoms with Gasteiger partial charge < -0.3 is 0 Å². The van der Waals surface area contributed by atoms with Gasteiger partial charge in [-0.3, -0.25) is 9.00 Å². The molecule has 2 nitrogen and oxygen atoms in total. The van der Waals surface area contributed by atoms with Crippen molar-refractivity contribution in [2.24, 2.45) is 0 Å². The average molecular weight is 210 g/mol. The van der Waals surface area contributed by atoms with Crippen LogP contribution in [0.3, 0.4) is 0 Å². The first-order valence-corrected chi connectivity index (χ1v) is 6.11. The summed E-state index contributed by atoms with van der Waals surface area (Å²) >= 11 is 0. The predicted octanol–water partition coefficient (Wildman–Crippen LogP) is 1.91. The van der Waals surface area contributed by atoms with E-state index in [1.54, 1.807) is 6.92 Å². The second kappa shape index (κ2) is 5.70. The Balaban J connectivity index is 2.46. The summed E-state index contributed by atoms with van der Waals surface area (Å²) in [5.74, 6) is 0.733. The fraction of sp³-hybridized carbons (Fsp3) is 0.364. The van der Waals surface area contributed by atoms with Gasteiger partial charge in [-0.25, -0.2) is 0 Å². The van der Waals surface area contributed by atoms with Crippen LogP contribution in [0.4, 0.5) is 0 Å². The number of carbonyl (C=O) groups is 1. The summed E-state index contributed by atoms with van der Waals surface area (Å²) in [6.07, 6.45) is 0.473. The minimum atomic E-state index is -1.05. The third-order valence-electron chi connectivity index (χ3n) is 1.89. The smallest absolute Gasteiger partial charge is 0.145 e. The van der Waals surface area contributed by atoms with Gasteiger partial charge in [-0.05, 0) is 5.56 Å².